The van der Waals surface area contributed by atoms with E-state index in [1.165, 1.54) is 5.56 Å². The van der Waals surface area contributed by atoms with Gasteiger partial charge in [-0.25, -0.2) is 4.79 Å². The number of amides is 2. The van der Waals surface area contributed by atoms with Crippen molar-refractivity contribution in [2.75, 3.05) is 18.5 Å². The SMILES string of the molecule is CC(C)(C)c1ccc(OCCCNC(=O)Nc2cccc3cccnc23)c(Br)c1. The van der Waals surface area contributed by atoms with Crippen LogP contribution in [0.2, 0.25) is 0 Å². The number of nitrogens with zero attached hydrogens (tertiary/aromatic N) is 1. The summed E-state index contributed by atoms with van der Waals surface area (Å²) in [6, 6.07) is 15.5. The second-order valence-electron chi connectivity index (χ2n) is 7.86. The molecule has 0 spiro atoms. The first-order chi connectivity index (χ1) is 13.8. The second kappa shape index (κ2) is 9.27. The van der Waals surface area contributed by atoms with E-state index in [4.69, 9.17) is 4.74 Å². The summed E-state index contributed by atoms with van der Waals surface area (Å²) >= 11 is 3.58. The Kier molecular flexibility index (Phi) is 6.75. The Morgan fingerprint density at radius 3 is 2.69 bits per heavy atom. The number of rotatable bonds is 6. The Bertz CT molecular complexity index is 994. The smallest absolute Gasteiger partial charge is 0.319 e. The van der Waals surface area contributed by atoms with Crippen molar-refractivity contribution >= 4 is 38.6 Å². The maximum atomic E-state index is 12.2. The van der Waals surface area contributed by atoms with Gasteiger partial charge in [0.2, 0.25) is 0 Å². The number of carbonyl (C=O) groups excluding carboxylic acids is 1. The number of aromatic nitrogens is 1. The fraction of sp³-hybridized carbons (Fsp3) is 0.304. The lowest BCUT2D eigenvalue weighted by molar-refractivity contribution is 0.250. The number of carbonyl (C=O) groups is 1. The molecule has 6 heteroatoms. The molecule has 29 heavy (non-hydrogen) atoms. The average Bonchev–Trinajstić information content (AvgIpc) is 2.68. The topological polar surface area (TPSA) is 63.2 Å². The fourth-order valence-corrected chi connectivity index (χ4v) is 3.41. The molecule has 0 saturated heterocycles. The molecule has 0 saturated carbocycles. The molecule has 3 aromatic rings. The van der Waals surface area contributed by atoms with Gasteiger partial charge in [-0.05, 0) is 57.6 Å². The zero-order chi connectivity index (χ0) is 20.9. The van der Waals surface area contributed by atoms with Crippen LogP contribution in [0.25, 0.3) is 10.9 Å². The highest BCUT2D eigenvalue weighted by atomic mass is 79.9. The summed E-state index contributed by atoms with van der Waals surface area (Å²) in [7, 11) is 0. The van der Waals surface area contributed by atoms with Gasteiger partial charge in [0.05, 0.1) is 22.3 Å². The first-order valence-electron chi connectivity index (χ1n) is 9.66. The van der Waals surface area contributed by atoms with Gasteiger partial charge in [0, 0.05) is 18.1 Å². The van der Waals surface area contributed by atoms with E-state index in [0.29, 0.717) is 25.3 Å². The molecule has 5 nitrogen and oxygen atoms in total. The van der Waals surface area contributed by atoms with Gasteiger partial charge < -0.3 is 15.4 Å². The van der Waals surface area contributed by atoms with E-state index in [2.05, 4.69) is 64.5 Å². The van der Waals surface area contributed by atoms with Gasteiger partial charge >= 0.3 is 6.03 Å². The minimum absolute atomic E-state index is 0.0952. The largest absolute Gasteiger partial charge is 0.492 e. The predicted molar refractivity (Wildman–Crippen MR) is 122 cm³/mol. The lowest BCUT2D eigenvalue weighted by Crippen LogP contribution is -2.30. The normalized spacial score (nSPS) is 11.3. The highest BCUT2D eigenvalue weighted by Crippen LogP contribution is 2.31. The quantitative estimate of drug-likeness (QED) is 0.455. The Hall–Kier alpha value is -2.60. The fourth-order valence-electron chi connectivity index (χ4n) is 2.91. The number of fused-ring (bicyclic) bond motifs is 1. The number of ether oxygens (including phenoxy) is 1. The van der Waals surface area contributed by atoms with Crippen LogP contribution in [-0.2, 0) is 5.41 Å². The zero-order valence-electron chi connectivity index (χ0n) is 17.0. The summed E-state index contributed by atoms with van der Waals surface area (Å²) in [5.41, 5.74) is 2.81. The number of pyridine rings is 1. The van der Waals surface area contributed by atoms with E-state index in [1.54, 1.807) is 6.20 Å². The second-order valence-corrected chi connectivity index (χ2v) is 8.71. The van der Waals surface area contributed by atoms with Crippen LogP contribution >= 0.6 is 15.9 Å². The van der Waals surface area contributed by atoms with Gasteiger partial charge in [-0.1, -0.05) is 45.0 Å². The number of halogens is 1. The van der Waals surface area contributed by atoms with Crippen LogP contribution < -0.4 is 15.4 Å². The van der Waals surface area contributed by atoms with E-state index in [9.17, 15) is 4.79 Å². The standard InChI is InChI=1S/C23H26BrN3O2/c1-23(2,3)17-10-11-20(18(24)15-17)29-14-6-13-26-22(28)27-19-9-4-7-16-8-5-12-25-21(16)19/h4-5,7-12,15H,6,13-14H2,1-3H3,(H2,26,27,28). The molecule has 1 heterocycles. The summed E-state index contributed by atoms with van der Waals surface area (Å²) in [5, 5.41) is 6.71. The molecule has 0 fully saturated rings. The molecule has 0 atom stereocenters. The maximum Gasteiger partial charge on any atom is 0.319 e. The minimum atomic E-state index is -0.251. The number of urea groups is 1. The third kappa shape index (κ3) is 5.70. The van der Waals surface area contributed by atoms with Crippen LogP contribution in [0.3, 0.4) is 0 Å². The third-order valence-electron chi connectivity index (χ3n) is 4.54. The molecule has 0 unspecified atom stereocenters. The first-order valence-corrected chi connectivity index (χ1v) is 10.5. The monoisotopic (exact) mass is 455 g/mol. The summed E-state index contributed by atoms with van der Waals surface area (Å²) < 4.78 is 6.78. The molecular weight excluding hydrogens is 430 g/mol. The molecule has 0 bridgehead atoms. The number of benzene rings is 2. The van der Waals surface area contributed by atoms with Gasteiger partial charge in [-0.15, -0.1) is 0 Å². The van der Waals surface area contributed by atoms with Crippen LogP contribution in [0.15, 0.2) is 59.2 Å². The number of nitrogens with one attached hydrogen (secondary N) is 2. The van der Waals surface area contributed by atoms with Crippen molar-refractivity contribution < 1.29 is 9.53 Å². The van der Waals surface area contributed by atoms with E-state index in [1.807, 2.05) is 36.4 Å². The van der Waals surface area contributed by atoms with Crippen molar-refractivity contribution in [1.82, 2.24) is 10.3 Å². The van der Waals surface area contributed by atoms with Crippen LogP contribution in [0.1, 0.15) is 32.8 Å². The summed E-state index contributed by atoms with van der Waals surface area (Å²) in [6.07, 6.45) is 2.42. The molecule has 2 amide bonds. The summed E-state index contributed by atoms with van der Waals surface area (Å²) in [5.74, 6) is 0.810. The van der Waals surface area contributed by atoms with Crippen molar-refractivity contribution in [3.05, 3.63) is 64.8 Å². The van der Waals surface area contributed by atoms with E-state index in [-0.39, 0.29) is 11.4 Å². The molecule has 3 rings (SSSR count). The van der Waals surface area contributed by atoms with Crippen LogP contribution in [0.4, 0.5) is 10.5 Å². The van der Waals surface area contributed by atoms with Crippen LogP contribution in [0, 0.1) is 0 Å². The average molecular weight is 456 g/mol. The molecule has 1 aromatic heterocycles. The van der Waals surface area contributed by atoms with Gasteiger partial charge in [-0.2, -0.15) is 0 Å². The number of para-hydroxylation sites is 1. The number of hydrogen-bond acceptors (Lipinski definition) is 3. The Balaban J connectivity index is 1.44. The molecular formula is C23H26BrN3O2. The van der Waals surface area contributed by atoms with Gasteiger partial charge in [0.25, 0.3) is 0 Å². The molecule has 152 valence electrons. The third-order valence-corrected chi connectivity index (χ3v) is 5.16. The zero-order valence-corrected chi connectivity index (χ0v) is 18.5. The van der Waals surface area contributed by atoms with Crippen LogP contribution in [0.5, 0.6) is 5.75 Å². The summed E-state index contributed by atoms with van der Waals surface area (Å²) in [6.45, 7) is 7.58. The first kappa shape index (κ1) is 21.1. The number of hydrogen-bond donors (Lipinski definition) is 2. The molecule has 2 N–H and O–H groups in total. The van der Waals surface area contributed by atoms with Crippen molar-refractivity contribution in [1.29, 1.82) is 0 Å². The Morgan fingerprint density at radius 2 is 1.93 bits per heavy atom. The van der Waals surface area contributed by atoms with Gasteiger partial charge in [0.1, 0.15) is 5.75 Å². The molecule has 0 radical (unpaired) electrons. The maximum absolute atomic E-state index is 12.2. The number of anilines is 1. The van der Waals surface area contributed by atoms with Gasteiger partial charge in [0.15, 0.2) is 0 Å². The van der Waals surface area contributed by atoms with E-state index < -0.39 is 0 Å². The van der Waals surface area contributed by atoms with Crippen molar-refractivity contribution in [3.8, 4) is 5.75 Å². The van der Waals surface area contributed by atoms with Crippen LogP contribution in [-0.4, -0.2) is 24.2 Å². The van der Waals surface area contributed by atoms with E-state index >= 15 is 0 Å². The molecule has 0 aliphatic carbocycles. The molecule has 0 aliphatic rings. The molecule has 0 aliphatic heterocycles. The summed E-state index contributed by atoms with van der Waals surface area (Å²) in [4.78, 5) is 16.5. The Labute approximate surface area is 180 Å². The van der Waals surface area contributed by atoms with Crippen molar-refractivity contribution in [3.63, 3.8) is 0 Å². The minimum Gasteiger partial charge on any atom is -0.492 e. The highest BCUT2D eigenvalue weighted by Gasteiger charge is 2.15. The van der Waals surface area contributed by atoms with Crippen molar-refractivity contribution in [2.24, 2.45) is 0 Å². The van der Waals surface area contributed by atoms with Gasteiger partial charge in [-0.3, -0.25) is 4.98 Å². The Morgan fingerprint density at radius 1 is 1.14 bits per heavy atom. The molecule has 2 aromatic carbocycles. The highest BCUT2D eigenvalue weighted by molar-refractivity contribution is 9.10. The lowest BCUT2D eigenvalue weighted by atomic mass is 9.87. The van der Waals surface area contributed by atoms with E-state index in [0.717, 1.165) is 21.1 Å². The van der Waals surface area contributed by atoms with Crippen molar-refractivity contribution in [2.45, 2.75) is 32.6 Å². The predicted octanol–water partition coefficient (Wildman–Crippen LogP) is 5.89. The lowest BCUT2D eigenvalue weighted by Gasteiger charge is -2.20.